The van der Waals surface area contributed by atoms with Crippen molar-refractivity contribution >= 4 is 34.9 Å². The molecule has 0 fully saturated rings. The van der Waals surface area contributed by atoms with Gasteiger partial charge in [-0.15, -0.1) is 0 Å². The molecule has 0 aliphatic heterocycles. The van der Waals surface area contributed by atoms with Crippen LogP contribution in [-0.4, -0.2) is 11.1 Å². The van der Waals surface area contributed by atoms with Crippen LogP contribution >= 0.6 is 23.2 Å². The Balaban J connectivity index is 3.43. The van der Waals surface area contributed by atoms with Crippen molar-refractivity contribution in [1.82, 2.24) is 0 Å². The Morgan fingerprint density at radius 2 is 1.93 bits per heavy atom. The van der Waals surface area contributed by atoms with E-state index in [1.165, 1.54) is 6.07 Å². The van der Waals surface area contributed by atoms with Crippen LogP contribution in [0.2, 0.25) is 10.0 Å². The van der Waals surface area contributed by atoms with E-state index in [0.29, 0.717) is 0 Å². The van der Waals surface area contributed by atoms with Crippen molar-refractivity contribution in [2.75, 3.05) is 0 Å². The predicted molar refractivity (Wildman–Crippen MR) is 50.5 cm³/mol. The number of carboxylic acids is 1. The molecule has 3 nitrogen and oxygen atoms in total. The maximum absolute atomic E-state index is 13.1. The second-order valence-electron chi connectivity index (χ2n) is 2.82. The first kappa shape index (κ1) is 12.2. The maximum Gasteiger partial charge on any atom is 0.379 e. The highest BCUT2D eigenvalue weighted by Gasteiger charge is 2.43. The average molecular weight is 257 g/mol. The van der Waals surface area contributed by atoms with Crippen molar-refractivity contribution in [3.63, 3.8) is 0 Å². The van der Waals surface area contributed by atoms with Crippen LogP contribution in [0.5, 0.6) is 0 Å². The largest absolute Gasteiger partial charge is 0.477 e. The van der Waals surface area contributed by atoms with E-state index in [4.69, 9.17) is 28.3 Å². The van der Waals surface area contributed by atoms with Gasteiger partial charge in [-0.25, -0.2) is 4.79 Å². The zero-order chi connectivity index (χ0) is 11.8. The van der Waals surface area contributed by atoms with E-state index < -0.39 is 22.5 Å². The molecule has 82 valence electrons. The minimum Gasteiger partial charge on any atom is -0.477 e. The molecule has 1 aromatic rings. The topological polar surface area (TPSA) is 64.9 Å². The molecule has 0 saturated carbocycles. The fourth-order valence-electron chi connectivity index (χ4n) is 0.989. The van der Waals surface area contributed by atoms with Crippen molar-refractivity contribution in [2.24, 2.45) is 0 Å². The van der Waals surface area contributed by atoms with Crippen LogP contribution < -0.4 is 5.73 Å². The van der Waals surface area contributed by atoms with Crippen LogP contribution in [0.4, 0.5) is 14.5 Å². The first-order valence-corrected chi connectivity index (χ1v) is 4.45. The molecule has 0 aliphatic rings. The molecule has 0 saturated heterocycles. The van der Waals surface area contributed by atoms with Gasteiger partial charge in [-0.05, 0) is 0 Å². The number of quaternary nitrogens is 1. The number of aliphatic carboxylic acids is 1. The number of rotatable bonds is 2. The van der Waals surface area contributed by atoms with Crippen LogP contribution in [-0.2, 0) is 10.7 Å². The molecule has 0 spiro atoms. The smallest absolute Gasteiger partial charge is 0.379 e. The van der Waals surface area contributed by atoms with E-state index in [-0.39, 0.29) is 10.7 Å². The van der Waals surface area contributed by atoms with Crippen LogP contribution in [0, 0.1) is 0 Å². The quantitative estimate of drug-likeness (QED) is 0.851. The minimum absolute atomic E-state index is 0.153. The fraction of sp³-hybridized carbons (Fsp3) is 0.125. The highest BCUT2D eigenvalue weighted by molar-refractivity contribution is 6.42. The van der Waals surface area contributed by atoms with Gasteiger partial charge in [0.2, 0.25) is 0 Å². The van der Waals surface area contributed by atoms with Crippen molar-refractivity contribution in [3.05, 3.63) is 27.7 Å². The number of benzene rings is 1. The summed E-state index contributed by atoms with van der Waals surface area (Å²) in [6.07, 6.45) is 0. The Morgan fingerprint density at radius 1 is 1.40 bits per heavy atom. The molecule has 4 N–H and O–H groups in total. The van der Waals surface area contributed by atoms with Gasteiger partial charge in [0.15, 0.2) is 0 Å². The molecule has 7 heteroatoms. The summed E-state index contributed by atoms with van der Waals surface area (Å²) in [6, 6.07) is 2.16. The van der Waals surface area contributed by atoms with E-state index in [0.717, 1.165) is 6.07 Å². The zero-order valence-electron chi connectivity index (χ0n) is 7.23. The normalized spacial score (nSPS) is 11.5. The third-order valence-electron chi connectivity index (χ3n) is 1.69. The first-order valence-electron chi connectivity index (χ1n) is 3.69. The Morgan fingerprint density at radius 3 is 2.40 bits per heavy atom. The third-order valence-corrected chi connectivity index (χ3v) is 2.50. The lowest BCUT2D eigenvalue weighted by Gasteiger charge is -2.13. The SMILES string of the molecule is [NH3+]c1cc(Cl)c(Cl)c(C(F)(F)C(=O)O)c1. The number of alkyl halides is 2. The number of halogens is 4. The number of carboxylic acid groups (broad SMARTS) is 1. The fourth-order valence-corrected chi connectivity index (χ4v) is 1.46. The Bertz CT molecular complexity index is 423. The van der Waals surface area contributed by atoms with E-state index >= 15 is 0 Å². The molecule has 0 heterocycles. The van der Waals surface area contributed by atoms with Gasteiger partial charge in [0, 0.05) is 12.1 Å². The monoisotopic (exact) mass is 256 g/mol. The lowest BCUT2D eigenvalue weighted by atomic mass is 10.1. The van der Waals surface area contributed by atoms with E-state index in [1.54, 1.807) is 0 Å². The lowest BCUT2D eigenvalue weighted by Crippen LogP contribution is -2.40. The highest BCUT2D eigenvalue weighted by atomic mass is 35.5. The molecule has 0 bridgehead atoms. The van der Waals surface area contributed by atoms with E-state index in [2.05, 4.69) is 5.73 Å². The third kappa shape index (κ3) is 2.19. The molecule has 0 unspecified atom stereocenters. The molecule has 0 radical (unpaired) electrons. The van der Waals surface area contributed by atoms with Crippen LogP contribution in [0.3, 0.4) is 0 Å². The standard InChI is InChI=1S/C8H5Cl2F2NO2/c9-5-2-3(13)1-4(6(5)10)8(11,12)7(14)15/h1-2H,13H2,(H,14,15)/p+1. The van der Waals surface area contributed by atoms with Crippen LogP contribution in [0.15, 0.2) is 12.1 Å². The summed E-state index contributed by atoms with van der Waals surface area (Å²) >= 11 is 11.0. The van der Waals surface area contributed by atoms with Gasteiger partial charge >= 0.3 is 11.9 Å². The maximum atomic E-state index is 13.1. The Labute approximate surface area is 93.4 Å². The molecule has 0 atom stereocenters. The number of carbonyl (C=O) groups is 1. The Hall–Kier alpha value is -0.910. The first-order chi connectivity index (χ1) is 6.76. The molecular weight excluding hydrogens is 251 g/mol. The van der Waals surface area contributed by atoms with Crippen molar-refractivity contribution in [2.45, 2.75) is 5.92 Å². The van der Waals surface area contributed by atoms with Gasteiger partial charge in [0.1, 0.15) is 5.69 Å². The van der Waals surface area contributed by atoms with Gasteiger partial charge in [-0.2, -0.15) is 8.78 Å². The highest BCUT2D eigenvalue weighted by Crippen LogP contribution is 2.38. The molecule has 0 amide bonds. The summed E-state index contributed by atoms with van der Waals surface area (Å²) in [7, 11) is 0. The zero-order valence-corrected chi connectivity index (χ0v) is 8.74. The van der Waals surface area contributed by atoms with Gasteiger partial charge in [0.25, 0.3) is 0 Å². The van der Waals surface area contributed by atoms with Gasteiger partial charge < -0.3 is 10.8 Å². The second kappa shape index (κ2) is 3.92. The molecule has 1 rings (SSSR count). The molecular formula is C8H6Cl2F2NO2+. The summed E-state index contributed by atoms with van der Waals surface area (Å²) < 4.78 is 26.3. The minimum atomic E-state index is -4.07. The van der Waals surface area contributed by atoms with Crippen molar-refractivity contribution in [3.8, 4) is 0 Å². The van der Waals surface area contributed by atoms with Crippen molar-refractivity contribution in [1.29, 1.82) is 0 Å². The predicted octanol–water partition coefficient (Wildman–Crippen LogP) is 2.04. The summed E-state index contributed by atoms with van der Waals surface area (Å²) in [5, 5.41) is 7.70. The summed E-state index contributed by atoms with van der Waals surface area (Å²) in [5.74, 6) is -6.36. The number of hydrogen-bond donors (Lipinski definition) is 2. The van der Waals surface area contributed by atoms with Crippen LogP contribution in [0.25, 0.3) is 0 Å². The summed E-state index contributed by atoms with van der Waals surface area (Å²) in [5.41, 5.74) is 2.70. The Kier molecular flexibility index (Phi) is 3.18. The molecule has 1 aromatic carbocycles. The van der Waals surface area contributed by atoms with E-state index in [9.17, 15) is 13.6 Å². The second-order valence-corrected chi connectivity index (χ2v) is 3.60. The van der Waals surface area contributed by atoms with Crippen molar-refractivity contribution < 1.29 is 24.4 Å². The summed E-state index contributed by atoms with van der Waals surface area (Å²) in [4.78, 5) is 10.3. The molecule has 15 heavy (non-hydrogen) atoms. The van der Waals surface area contributed by atoms with Crippen LogP contribution in [0.1, 0.15) is 5.56 Å². The van der Waals surface area contributed by atoms with Gasteiger partial charge in [-0.1, -0.05) is 23.2 Å². The van der Waals surface area contributed by atoms with E-state index in [1.807, 2.05) is 0 Å². The average Bonchev–Trinajstić information content (AvgIpc) is 2.10. The number of hydrogen-bond acceptors (Lipinski definition) is 1. The molecule has 0 aliphatic carbocycles. The van der Waals surface area contributed by atoms with Gasteiger partial charge in [0.05, 0.1) is 15.6 Å². The van der Waals surface area contributed by atoms with Gasteiger partial charge in [-0.3, -0.25) is 0 Å². The summed E-state index contributed by atoms with van der Waals surface area (Å²) in [6.45, 7) is 0. The molecule has 0 aromatic heterocycles. The lowest BCUT2D eigenvalue weighted by molar-refractivity contribution is -0.255.